The average Bonchev–Trinajstić information content (AvgIpc) is 3.31. The van der Waals surface area contributed by atoms with Crippen LogP contribution in [-0.2, 0) is 6.18 Å². The molecule has 2 aliphatic heterocycles. The van der Waals surface area contributed by atoms with Crippen LogP contribution in [0.2, 0.25) is 0 Å². The Balaban J connectivity index is 1.71. The van der Waals surface area contributed by atoms with Gasteiger partial charge in [-0.25, -0.2) is 13.8 Å². The van der Waals surface area contributed by atoms with E-state index in [-0.39, 0.29) is 10.9 Å². The van der Waals surface area contributed by atoms with Gasteiger partial charge < -0.3 is 4.90 Å². The first-order chi connectivity index (χ1) is 13.3. The number of aromatic nitrogens is 3. The topological polar surface area (TPSA) is 36.7 Å². The van der Waals surface area contributed by atoms with Crippen molar-refractivity contribution < 1.29 is 22.0 Å². The smallest absolute Gasteiger partial charge is 0.338 e. The van der Waals surface area contributed by atoms with Gasteiger partial charge in [-0.1, -0.05) is 0 Å². The van der Waals surface area contributed by atoms with Crippen LogP contribution in [0, 0.1) is 11.6 Å². The van der Waals surface area contributed by atoms with Crippen LogP contribution in [0.25, 0.3) is 16.4 Å². The molecule has 0 amide bonds. The van der Waals surface area contributed by atoms with Gasteiger partial charge in [-0.3, -0.25) is 4.90 Å². The van der Waals surface area contributed by atoms with E-state index in [9.17, 15) is 22.0 Å². The van der Waals surface area contributed by atoms with E-state index < -0.39 is 28.9 Å². The number of benzene rings is 1. The highest BCUT2D eigenvalue weighted by atomic mass is 19.4. The van der Waals surface area contributed by atoms with E-state index in [1.54, 1.807) is 0 Å². The zero-order valence-corrected chi connectivity index (χ0v) is 14.7. The van der Waals surface area contributed by atoms with Gasteiger partial charge in [-0.15, -0.1) is 0 Å². The molecular weight excluding hydrogens is 381 g/mol. The van der Waals surface area contributed by atoms with Gasteiger partial charge in [-0.2, -0.15) is 22.8 Å². The Morgan fingerprint density at radius 1 is 1.07 bits per heavy atom. The molecule has 2 saturated heterocycles. The second kappa shape index (κ2) is 6.00. The molecule has 2 aromatic heterocycles. The zero-order chi connectivity index (χ0) is 19.6. The summed E-state index contributed by atoms with van der Waals surface area (Å²) in [5.74, 6) is -3.20. The Morgan fingerprint density at radius 2 is 1.89 bits per heavy atom. The molecule has 10 heteroatoms. The lowest BCUT2D eigenvalue weighted by molar-refractivity contribution is -0.140. The summed E-state index contributed by atoms with van der Waals surface area (Å²) in [5.41, 5.74) is -1.80. The van der Waals surface area contributed by atoms with E-state index in [2.05, 4.69) is 15.0 Å². The summed E-state index contributed by atoms with van der Waals surface area (Å²) >= 11 is 0. The lowest BCUT2D eigenvalue weighted by Gasteiger charge is -2.38. The first-order valence-electron chi connectivity index (χ1n) is 9.06. The predicted octanol–water partition coefficient (Wildman–Crippen LogP) is 3.46. The Morgan fingerprint density at radius 3 is 2.68 bits per heavy atom. The van der Waals surface area contributed by atoms with Crippen LogP contribution < -0.4 is 4.90 Å². The maximum atomic E-state index is 14.6. The normalized spacial score (nSPS) is 21.0. The molecule has 0 N–H and O–H groups in total. The van der Waals surface area contributed by atoms with Crippen LogP contribution in [0.15, 0.2) is 18.3 Å². The predicted molar refractivity (Wildman–Crippen MR) is 92.2 cm³/mol. The molecule has 5 nitrogen and oxygen atoms in total. The fourth-order valence-corrected chi connectivity index (χ4v) is 4.32. The lowest BCUT2D eigenvalue weighted by atomic mass is 10.1. The third-order valence-electron chi connectivity index (χ3n) is 5.68. The number of halogens is 5. The van der Waals surface area contributed by atoms with Crippen molar-refractivity contribution in [2.45, 2.75) is 25.1 Å². The Labute approximate surface area is 156 Å². The molecule has 3 aromatic rings. The first kappa shape index (κ1) is 17.6. The molecule has 0 radical (unpaired) electrons. The molecule has 1 atom stereocenters. The number of nitrogens with zero attached hydrogens (tertiary/aromatic N) is 5. The monoisotopic (exact) mass is 397 g/mol. The van der Waals surface area contributed by atoms with Crippen molar-refractivity contribution >= 4 is 22.4 Å². The molecular formula is C18H16F5N5. The Bertz CT molecular complexity index is 1080. The SMILES string of the molecule is Fc1c(C(F)(F)F)cc2c(nc(N3CCN4CCCC4C3)n3nccc23)c1F. The number of fused-ring (bicyclic) bond motifs is 4. The van der Waals surface area contributed by atoms with Crippen molar-refractivity contribution in [3.05, 3.63) is 35.5 Å². The van der Waals surface area contributed by atoms with Gasteiger partial charge in [0.25, 0.3) is 0 Å². The zero-order valence-electron chi connectivity index (χ0n) is 14.7. The van der Waals surface area contributed by atoms with Gasteiger partial charge in [0.05, 0.1) is 17.3 Å². The summed E-state index contributed by atoms with van der Waals surface area (Å²) in [6.45, 7) is 3.16. The summed E-state index contributed by atoms with van der Waals surface area (Å²) in [6, 6.07) is 2.44. The fraction of sp³-hybridized carbons (Fsp3) is 0.444. The summed E-state index contributed by atoms with van der Waals surface area (Å²) in [4.78, 5) is 8.55. The van der Waals surface area contributed by atoms with Gasteiger partial charge in [0.1, 0.15) is 5.52 Å². The minimum Gasteiger partial charge on any atom is -0.338 e. The third kappa shape index (κ3) is 2.54. The first-order valence-corrected chi connectivity index (χ1v) is 9.06. The van der Waals surface area contributed by atoms with E-state index in [0.717, 1.165) is 25.9 Å². The third-order valence-corrected chi connectivity index (χ3v) is 5.68. The Hall–Kier alpha value is -2.49. The van der Waals surface area contributed by atoms with Crippen LogP contribution in [0.3, 0.4) is 0 Å². The van der Waals surface area contributed by atoms with Crippen LogP contribution in [0.4, 0.5) is 27.9 Å². The summed E-state index contributed by atoms with van der Waals surface area (Å²) in [7, 11) is 0. The number of anilines is 1. The minimum absolute atomic E-state index is 0.119. The van der Waals surface area contributed by atoms with Gasteiger partial charge >= 0.3 is 6.18 Å². The van der Waals surface area contributed by atoms with Crippen molar-refractivity contribution in [1.29, 1.82) is 0 Å². The maximum absolute atomic E-state index is 14.6. The van der Waals surface area contributed by atoms with Gasteiger partial charge in [0.15, 0.2) is 11.6 Å². The molecule has 4 heterocycles. The quantitative estimate of drug-likeness (QED) is 0.590. The van der Waals surface area contributed by atoms with Gasteiger partial charge in [0.2, 0.25) is 5.95 Å². The summed E-state index contributed by atoms with van der Waals surface area (Å²) < 4.78 is 69.5. The number of rotatable bonds is 1. The van der Waals surface area contributed by atoms with E-state index in [1.807, 2.05) is 4.90 Å². The van der Waals surface area contributed by atoms with E-state index >= 15 is 0 Å². The maximum Gasteiger partial charge on any atom is 0.419 e. The Kier molecular flexibility index (Phi) is 3.77. The minimum atomic E-state index is -5.01. The standard InChI is InChI=1S/C18H16F5N5/c19-14-12(18(21,22)23)8-11-13-3-4-24-28(13)17(25-16(11)15(14)20)27-7-6-26-5-1-2-10(26)9-27/h3-4,8,10H,1-2,5-7,9H2. The number of piperazine rings is 1. The largest absolute Gasteiger partial charge is 0.419 e. The summed E-state index contributed by atoms with van der Waals surface area (Å²) in [6.07, 6.45) is -1.43. The molecule has 0 spiro atoms. The molecule has 148 valence electrons. The molecule has 5 rings (SSSR count). The van der Waals surface area contributed by atoms with Crippen LogP contribution >= 0.6 is 0 Å². The fourth-order valence-electron chi connectivity index (χ4n) is 4.32. The highest BCUT2D eigenvalue weighted by Crippen LogP contribution is 2.37. The van der Waals surface area contributed by atoms with Crippen molar-refractivity contribution in [2.75, 3.05) is 31.1 Å². The van der Waals surface area contributed by atoms with Crippen LogP contribution in [-0.4, -0.2) is 51.7 Å². The average molecular weight is 397 g/mol. The van der Waals surface area contributed by atoms with Crippen molar-refractivity contribution in [3.8, 4) is 0 Å². The van der Waals surface area contributed by atoms with Gasteiger partial charge in [-0.05, 0) is 31.5 Å². The molecule has 1 aromatic carbocycles. The highest BCUT2D eigenvalue weighted by molar-refractivity contribution is 5.95. The molecule has 28 heavy (non-hydrogen) atoms. The number of alkyl halides is 3. The molecule has 1 unspecified atom stereocenters. The molecule has 2 aliphatic rings. The summed E-state index contributed by atoms with van der Waals surface area (Å²) in [5, 5.41) is 4.06. The van der Waals surface area contributed by atoms with Crippen molar-refractivity contribution in [1.82, 2.24) is 19.5 Å². The lowest BCUT2D eigenvalue weighted by Crippen LogP contribution is -2.51. The molecule has 0 saturated carbocycles. The van der Waals surface area contributed by atoms with E-state index in [4.69, 9.17) is 0 Å². The van der Waals surface area contributed by atoms with Crippen LogP contribution in [0.1, 0.15) is 18.4 Å². The second-order valence-corrected chi connectivity index (χ2v) is 7.26. The van der Waals surface area contributed by atoms with Crippen LogP contribution in [0.5, 0.6) is 0 Å². The highest BCUT2D eigenvalue weighted by Gasteiger charge is 2.38. The van der Waals surface area contributed by atoms with Crippen molar-refractivity contribution in [3.63, 3.8) is 0 Å². The number of hydrogen-bond acceptors (Lipinski definition) is 4. The van der Waals surface area contributed by atoms with Crippen molar-refractivity contribution in [2.24, 2.45) is 0 Å². The van der Waals surface area contributed by atoms with E-state index in [1.165, 1.54) is 16.8 Å². The molecule has 2 fully saturated rings. The molecule has 0 bridgehead atoms. The van der Waals surface area contributed by atoms with E-state index in [0.29, 0.717) is 31.1 Å². The second-order valence-electron chi connectivity index (χ2n) is 7.26. The van der Waals surface area contributed by atoms with Gasteiger partial charge in [0, 0.05) is 31.1 Å². The number of hydrogen-bond donors (Lipinski definition) is 0. The molecule has 0 aliphatic carbocycles.